The van der Waals surface area contributed by atoms with Crippen LogP contribution in [0.4, 0.5) is 13.2 Å². The fourth-order valence-corrected chi connectivity index (χ4v) is 12.7. The summed E-state index contributed by atoms with van der Waals surface area (Å²) < 4.78 is 68.4. The number of nitrogens with one attached hydrogen (secondary N) is 2. The number of benzene rings is 2. The van der Waals surface area contributed by atoms with Crippen LogP contribution in [0.1, 0.15) is 192 Å². The lowest BCUT2D eigenvalue weighted by molar-refractivity contribution is -0.172. The van der Waals surface area contributed by atoms with Crippen LogP contribution in [-0.4, -0.2) is 110 Å². The summed E-state index contributed by atoms with van der Waals surface area (Å²) in [6.07, 6.45) is 4.53. The van der Waals surface area contributed by atoms with Crippen molar-refractivity contribution in [2.75, 3.05) is 33.8 Å². The number of rotatable bonds is 25. The van der Waals surface area contributed by atoms with E-state index in [0.717, 1.165) is 39.4 Å². The number of carbonyl (C=O) groups excluding carboxylic acids is 7. The van der Waals surface area contributed by atoms with Crippen molar-refractivity contribution in [3.05, 3.63) is 124 Å². The van der Waals surface area contributed by atoms with Gasteiger partial charge in [-0.05, 0) is 124 Å². The first-order chi connectivity index (χ1) is 47.7. The molecule has 0 fully saturated rings. The van der Waals surface area contributed by atoms with Gasteiger partial charge in [0.25, 0.3) is 11.1 Å². The number of alkyl halides is 1. The summed E-state index contributed by atoms with van der Waals surface area (Å²) in [5, 5.41) is 38.3. The number of unbranched alkanes of at least 4 members (excludes halogenated alkanes) is 2. The maximum absolute atomic E-state index is 14.7. The largest absolute Gasteiger partial charge is 0.458 e. The Hall–Kier alpha value is -8.52. The number of ketones is 2. The van der Waals surface area contributed by atoms with Crippen molar-refractivity contribution in [2.45, 2.75) is 199 Å². The van der Waals surface area contributed by atoms with E-state index in [1.54, 1.807) is 74.9 Å². The molecule has 4 aromatic heterocycles. The number of fused-ring (bicyclic) bond motifs is 10. The highest BCUT2D eigenvalue weighted by Crippen LogP contribution is 2.43. The molecule has 101 heavy (non-hydrogen) atoms. The summed E-state index contributed by atoms with van der Waals surface area (Å²) in [4.78, 5) is 120. The summed E-state index contributed by atoms with van der Waals surface area (Å²) in [6.45, 7) is 23.6. The van der Waals surface area contributed by atoms with Crippen molar-refractivity contribution < 1.29 is 82.4 Å². The molecule has 5 N–H and O–H groups in total. The van der Waals surface area contributed by atoms with Gasteiger partial charge in [-0.3, -0.25) is 38.0 Å². The van der Waals surface area contributed by atoms with Crippen LogP contribution in [0.25, 0.3) is 44.6 Å². The fraction of sp³-hybridized carbons (Fsp3) is 0.539. The van der Waals surface area contributed by atoms with Crippen LogP contribution in [0, 0.1) is 61.0 Å². The van der Waals surface area contributed by atoms with E-state index in [2.05, 4.69) is 15.4 Å². The maximum Gasteiger partial charge on any atom is 0.343 e. The number of ether oxygens (including phenoxy) is 4. The molecule has 6 atom stereocenters. The molecule has 25 heteroatoms. The predicted octanol–water partition coefficient (Wildman–Crippen LogP) is 10.4. The number of halogens is 3. The fourth-order valence-electron chi connectivity index (χ4n) is 12.7. The van der Waals surface area contributed by atoms with Crippen molar-refractivity contribution >= 4 is 63.1 Å². The molecule has 4 aliphatic heterocycles. The number of aliphatic hydroxyl groups excluding tert-OH is 1. The molecule has 4 aliphatic rings. The van der Waals surface area contributed by atoms with E-state index in [0.29, 0.717) is 90.2 Å². The zero-order valence-electron chi connectivity index (χ0n) is 60.4. The number of aliphatic hydroxyl groups is 3. The van der Waals surface area contributed by atoms with Gasteiger partial charge in [0, 0.05) is 102 Å². The second kappa shape index (κ2) is 34.9. The number of hydrogen-bond donors (Lipinski definition) is 5. The Labute approximate surface area is 588 Å². The molecule has 2 amide bonds. The minimum atomic E-state index is -1.94. The van der Waals surface area contributed by atoms with Gasteiger partial charge >= 0.3 is 17.9 Å². The molecule has 550 valence electrons. The number of carbonyl (C=O) groups is 7. The van der Waals surface area contributed by atoms with Gasteiger partial charge in [0.15, 0.2) is 17.9 Å². The van der Waals surface area contributed by atoms with Gasteiger partial charge in [0.05, 0.1) is 66.5 Å². The second-order valence-corrected chi connectivity index (χ2v) is 27.0. The molecule has 0 spiro atoms. The zero-order valence-corrected chi connectivity index (χ0v) is 59.4. The SMILES string of the molecule is C.CC(=O)OCNC(=O)[C@H](C)CC(=O)[C@@H](C)C(C)C.CC[C@@]1(O)C(=O)OCc2c1cc1n(c2=O)Cc2c-1nc1cc(F)c(C)cc1c2CCCCO.CC[C@@]1(O)C(=O)OCc2c1cc1n(c2=O)Cc2c-1nc1cc(F)c(C)cc1c2CCCCOCNC(=O)[C@H](C)CC(=O)[C@@H](C)C(C)C.[2H]CF. The van der Waals surface area contributed by atoms with Gasteiger partial charge in [0.2, 0.25) is 11.8 Å². The monoisotopic (exact) mass is 1410 g/mol. The van der Waals surface area contributed by atoms with E-state index >= 15 is 0 Å². The van der Waals surface area contributed by atoms with Gasteiger partial charge in [-0.25, -0.2) is 28.3 Å². The summed E-state index contributed by atoms with van der Waals surface area (Å²) in [7, 11) is -1.00. The van der Waals surface area contributed by atoms with Crippen LogP contribution in [0.15, 0.2) is 46.0 Å². The lowest BCUT2D eigenvalue weighted by atomic mass is 9.86. The smallest absolute Gasteiger partial charge is 0.343 e. The highest BCUT2D eigenvalue weighted by atomic mass is 19.1. The number of esters is 3. The number of nitrogens with zero attached hydrogens (tertiary/aromatic N) is 4. The Balaban J connectivity index is 0.000000258. The van der Waals surface area contributed by atoms with Crippen LogP contribution in [-0.2, 0) is 103 Å². The minimum absolute atomic E-state index is 0. The molecule has 0 unspecified atom stereocenters. The molecule has 0 bridgehead atoms. The maximum atomic E-state index is 14.7. The molecule has 0 saturated heterocycles. The Kier molecular flexibility index (Phi) is 27.6. The third kappa shape index (κ3) is 17.5. The molecule has 8 heterocycles. The number of pyridine rings is 4. The molecule has 0 radical (unpaired) electrons. The van der Waals surface area contributed by atoms with Gasteiger partial charge in [-0.2, -0.15) is 0 Å². The highest BCUT2D eigenvalue weighted by molar-refractivity contribution is 5.92. The van der Waals surface area contributed by atoms with E-state index in [4.69, 9.17) is 25.5 Å². The standard InChI is InChI=1S/C36H44FN3O7.C25H25FN2O5.C13H23NO4.CH3F.CH4/c1-7-36(45)27-14-30-32-25(16-40(30)34(43)26(27)17-47-35(36)44)23(24-12-20(4)28(37)15-29(24)39-32)10-8-9-11-46-18-38-33(42)21(5)13-31(41)22(6)19(2)3;1-3-25(32)18-9-21-22-16(11-28(21)23(30)17(18)12-33-24(25)31)14(6-4-5-7-29)15-8-13(2)19(26)10-20(15)27-22;1-8(2)10(4)12(16)6-9(3)13(17)14-7-18-11(5)15;1-2;/h12,14-15,19,21-22,45H,7-11,13,16-18H2,1-6H3,(H,38,42);8-10,29,32H,3-7,11-12H2,1-2H3;8-10H,6-7H2,1-5H3,(H,14,17);1H3;1H4/t21-,22+,36+;25-;9-,10+;;/m101../s1/i;;;1D;. The predicted molar refractivity (Wildman–Crippen MR) is 374 cm³/mol. The summed E-state index contributed by atoms with van der Waals surface area (Å²) >= 11 is 0. The average molecular weight is 1410 g/mol. The summed E-state index contributed by atoms with van der Waals surface area (Å²) in [5.74, 6) is -3.58. The topological polar surface area (TPSA) is 311 Å². The lowest BCUT2D eigenvalue weighted by Gasteiger charge is -2.31. The average Bonchev–Trinajstić information content (AvgIpc) is 1.53. The third-order valence-corrected chi connectivity index (χ3v) is 19.8. The Morgan fingerprint density at radius 3 is 1.41 bits per heavy atom. The van der Waals surface area contributed by atoms with E-state index in [1.165, 1.54) is 19.1 Å². The first-order valence-corrected chi connectivity index (χ1v) is 34.1. The Morgan fingerprint density at radius 1 is 0.634 bits per heavy atom. The molecular weight excluding hydrogens is 1310 g/mol. The number of cyclic esters (lactones) is 2. The van der Waals surface area contributed by atoms with Crippen molar-refractivity contribution in [1.29, 1.82) is 0 Å². The van der Waals surface area contributed by atoms with Crippen LogP contribution in [0.3, 0.4) is 0 Å². The number of amides is 2. The van der Waals surface area contributed by atoms with Gasteiger partial charge in [0.1, 0.15) is 43.1 Å². The van der Waals surface area contributed by atoms with Crippen molar-refractivity contribution in [3.63, 3.8) is 0 Å². The number of aromatic nitrogens is 4. The van der Waals surface area contributed by atoms with Crippen molar-refractivity contribution in [3.8, 4) is 22.8 Å². The lowest BCUT2D eigenvalue weighted by Crippen LogP contribution is -2.44. The molecular formula is C76H99F3N6O16. The molecule has 0 saturated carbocycles. The number of hydrogen-bond acceptors (Lipinski definition) is 18. The zero-order chi connectivity index (χ0) is 74.7. The van der Waals surface area contributed by atoms with Gasteiger partial charge in [-0.15, -0.1) is 0 Å². The molecule has 6 aromatic rings. The normalized spacial score (nSPS) is 17.2. The quantitative estimate of drug-likeness (QED) is 0.0154. The van der Waals surface area contributed by atoms with E-state index < -0.39 is 48.1 Å². The number of Topliss-reactive ketones (excluding diaryl/α,β-unsaturated/α-hetero) is 2. The number of aryl methyl sites for hydroxylation is 4. The Bertz CT molecular complexity index is 4270. The van der Waals surface area contributed by atoms with E-state index in [1.807, 2.05) is 41.5 Å². The van der Waals surface area contributed by atoms with Crippen LogP contribution in [0.2, 0.25) is 0 Å². The van der Waals surface area contributed by atoms with Crippen LogP contribution < -0.4 is 21.8 Å². The molecule has 10 rings (SSSR count). The highest BCUT2D eigenvalue weighted by Gasteiger charge is 2.47. The van der Waals surface area contributed by atoms with Gasteiger partial charge < -0.3 is 54.0 Å². The van der Waals surface area contributed by atoms with Crippen LogP contribution >= 0.6 is 0 Å². The Morgan fingerprint density at radius 2 is 1.03 bits per heavy atom. The first kappa shape index (κ1) is 79.8. The van der Waals surface area contributed by atoms with Crippen molar-refractivity contribution in [2.24, 2.45) is 35.5 Å². The second-order valence-electron chi connectivity index (χ2n) is 27.0. The minimum Gasteiger partial charge on any atom is -0.458 e. The van der Waals surface area contributed by atoms with E-state index in [9.17, 15) is 71.6 Å². The summed E-state index contributed by atoms with van der Waals surface area (Å²) in [5.41, 5.74) is 4.15. The van der Waals surface area contributed by atoms with Crippen LogP contribution in [0.5, 0.6) is 0 Å². The summed E-state index contributed by atoms with van der Waals surface area (Å²) in [6, 6.07) is 9.69. The molecule has 2 aromatic carbocycles. The van der Waals surface area contributed by atoms with Gasteiger partial charge in [-0.1, -0.05) is 76.7 Å². The molecule has 0 aliphatic carbocycles. The first-order valence-electron chi connectivity index (χ1n) is 34.8. The molecule has 22 nitrogen and oxygen atoms in total. The van der Waals surface area contributed by atoms with E-state index in [-0.39, 0.29) is 165 Å². The third-order valence-electron chi connectivity index (χ3n) is 19.8. The van der Waals surface area contributed by atoms with Crippen molar-refractivity contribution in [1.82, 2.24) is 29.7 Å².